The van der Waals surface area contributed by atoms with Crippen LogP contribution < -0.4 is 10.1 Å². The van der Waals surface area contributed by atoms with Crippen LogP contribution >= 0.6 is 0 Å². The number of amides is 1. The predicted octanol–water partition coefficient (Wildman–Crippen LogP) is 3.92. The fourth-order valence-electron chi connectivity index (χ4n) is 3.51. The van der Waals surface area contributed by atoms with E-state index < -0.39 is 0 Å². The molecule has 0 unspecified atom stereocenters. The molecular formula is C22H26N4O3. The summed E-state index contributed by atoms with van der Waals surface area (Å²) in [5.74, 6) is 2.41. The Morgan fingerprint density at radius 1 is 1.28 bits per heavy atom. The summed E-state index contributed by atoms with van der Waals surface area (Å²) in [6.07, 6.45) is 2.24. The van der Waals surface area contributed by atoms with Crippen molar-refractivity contribution in [1.29, 1.82) is 0 Å². The lowest BCUT2D eigenvalue weighted by Gasteiger charge is -2.16. The van der Waals surface area contributed by atoms with E-state index in [1.54, 1.807) is 7.11 Å². The molecule has 29 heavy (non-hydrogen) atoms. The summed E-state index contributed by atoms with van der Waals surface area (Å²) in [6.45, 7) is 6.17. The number of benzene rings is 1. The first-order valence-electron chi connectivity index (χ1n) is 9.90. The first-order chi connectivity index (χ1) is 14.0. The monoisotopic (exact) mass is 394 g/mol. The Bertz CT molecular complexity index is 1020. The standard InChI is InChI=1S/C22H26N4O3/c1-13-11-19(22-25-24-21(29-22)17-5-6-17)15(3)26(13)12-20(27)23-14(2)16-7-9-18(28-4)10-8-16/h7-11,14,17H,5-6,12H2,1-4H3,(H,23,27)/t14-/m0/s1. The molecule has 3 aromatic rings. The van der Waals surface area contributed by atoms with Gasteiger partial charge in [0.25, 0.3) is 0 Å². The molecule has 7 nitrogen and oxygen atoms in total. The number of aromatic nitrogens is 3. The molecule has 2 aromatic heterocycles. The Kier molecular flexibility index (Phi) is 5.13. The zero-order valence-corrected chi connectivity index (χ0v) is 17.2. The minimum atomic E-state index is -0.0962. The summed E-state index contributed by atoms with van der Waals surface area (Å²) in [4.78, 5) is 12.7. The van der Waals surface area contributed by atoms with Crippen LogP contribution in [0.2, 0.25) is 0 Å². The Morgan fingerprint density at radius 2 is 2.00 bits per heavy atom. The van der Waals surface area contributed by atoms with Gasteiger partial charge in [-0.3, -0.25) is 4.79 Å². The van der Waals surface area contributed by atoms with E-state index in [-0.39, 0.29) is 18.5 Å². The number of rotatable bonds is 7. The quantitative estimate of drug-likeness (QED) is 0.657. The number of methoxy groups -OCH3 is 1. The number of nitrogens with one attached hydrogen (secondary N) is 1. The second kappa shape index (κ2) is 7.73. The smallest absolute Gasteiger partial charge is 0.249 e. The maximum Gasteiger partial charge on any atom is 0.249 e. The van der Waals surface area contributed by atoms with Gasteiger partial charge < -0.3 is 19.0 Å². The molecule has 0 saturated heterocycles. The number of carbonyl (C=O) groups excluding carboxylic acids is 1. The zero-order chi connectivity index (χ0) is 20.5. The van der Waals surface area contributed by atoms with Crippen LogP contribution in [-0.2, 0) is 11.3 Å². The summed E-state index contributed by atoms with van der Waals surface area (Å²) in [5, 5.41) is 11.4. The summed E-state index contributed by atoms with van der Waals surface area (Å²) in [6, 6.07) is 9.61. The number of nitrogens with zero attached hydrogens (tertiary/aromatic N) is 3. The van der Waals surface area contributed by atoms with Gasteiger partial charge in [-0.15, -0.1) is 10.2 Å². The second-order valence-electron chi connectivity index (χ2n) is 7.65. The molecule has 0 aliphatic heterocycles. The van der Waals surface area contributed by atoms with E-state index in [2.05, 4.69) is 15.5 Å². The van der Waals surface area contributed by atoms with E-state index in [4.69, 9.17) is 9.15 Å². The van der Waals surface area contributed by atoms with Crippen molar-refractivity contribution in [3.8, 4) is 17.2 Å². The number of hydrogen-bond donors (Lipinski definition) is 1. The first kappa shape index (κ1) is 19.2. The summed E-state index contributed by atoms with van der Waals surface area (Å²) < 4.78 is 13.0. The Hall–Kier alpha value is -3.09. The number of hydrogen-bond acceptors (Lipinski definition) is 5. The molecule has 1 fully saturated rings. The van der Waals surface area contributed by atoms with E-state index in [9.17, 15) is 4.79 Å². The molecule has 1 N–H and O–H groups in total. The molecule has 1 aliphatic rings. The predicted molar refractivity (Wildman–Crippen MR) is 109 cm³/mol. The van der Waals surface area contributed by atoms with E-state index in [1.165, 1.54) is 0 Å². The van der Waals surface area contributed by atoms with Crippen LogP contribution in [0, 0.1) is 13.8 Å². The van der Waals surface area contributed by atoms with Crippen LogP contribution in [0.3, 0.4) is 0 Å². The highest BCUT2D eigenvalue weighted by molar-refractivity contribution is 5.77. The van der Waals surface area contributed by atoms with Crippen LogP contribution in [0.15, 0.2) is 34.7 Å². The van der Waals surface area contributed by atoms with Crippen molar-refractivity contribution in [1.82, 2.24) is 20.1 Å². The third-order valence-electron chi connectivity index (χ3n) is 5.47. The molecule has 0 radical (unpaired) electrons. The summed E-state index contributed by atoms with van der Waals surface area (Å²) in [7, 11) is 1.64. The second-order valence-corrected chi connectivity index (χ2v) is 7.65. The van der Waals surface area contributed by atoms with E-state index in [0.717, 1.165) is 47.0 Å². The molecule has 4 rings (SSSR count). The van der Waals surface area contributed by atoms with Crippen molar-refractivity contribution in [2.75, 3.05) is 7.11 Å². The maximum atomic E-state index is 12.7. The number of ether oxygens (including phenoxy) is 1. The summed E-state index contributed by atoms with van der Waals surface area (Å²) >= 11 is 0. The lowest BCUT2D eigenvalue weighted by atomic mass is 10.1. The van der Waals surface area contributed by atoms with Gasteiger partial charge in [-0.05, 0) is 57.4 Å². The van der Waals surface area contributed by atoms with Gasteiger partial charge in [0.2, 0.25) is 17.7 Å². The van der Waals surface area contributed by atoms with Crippen molar-refractivity contribution in [2.45, 2.75) is 52.1 Å². The molecule has 1 atom stereocenters. The van der Waals surface area contributed by atoms with Crippen LogP contribution in [0.25, 0.3) is 11.5 Å². The molecule has 7 heteroatoms. The van der Waals surface area contributed by atoms with Crippen molar-refractivity contribution in [3.63, 3.8) is 0 Å². The molecule has 1 aromatic carbocycles. The average molecular weight is 394 g/mol. The average Bonchev–Trinajstić information content (AvgIpc) is 3.39. The zero-order valence-electron chi connectivity index (χ0n) is 17.2. The molecule has 0 spiro atoms. The van der Waals surface area contributed by atoms with Crippen molar-refractivity contribution in [3.05, 3.63) is 53.2 Å². The van der Waals surface area contributed by atoms with Crippen LogP contribution in [0.1, 0.15) is 54.6 Å². The van der Waals surface area contributed by atoms with Gasteiger partial charge in [0.1, 0.15) is 12.3 Å². The fraction of sp³-hybridized carbons (Fsp3) is 0.409. The van der Waals surface area contributed by atoms with Gasteiger partial charge in [-0.1, -0.05) is 12.1 Å². The Labute approximate surface area is 170 Å². The molecular weight excluding hydrogens is 368 g/mol. The van der Waals surface area contributed by atoms with Gasteiger partial charge in [-0.25, -0.2) is 0 Å². The minimum absolute atomic E-state index is 0.0501. The molecule has 2 heterocycles. The Balaban J connectivity index is 1.45. The van der Waals surface area contributed by atoms with Gasteiger partial charge in [0.05, 0.1) is 18.7 Å². The minimum Gasteiger partial charge on any atom is -0.497 e. The number of carbonyl (C=O) groups is 1. The van der Waals surface area contributed by atoms with E-state index in [1.807, 2.05) is 55.7 Å². The van der Waals surface area contributed by atoms with E-state index in [0.29, 0.717) is 11.8 Å². The lowest BCUT2D eigenvalue weighted by molar-refractivity contribution is -0.122. The maximum absolute atomic E-state index is 12.7. The SMILES string of the molecule is COc1ccc([C@H](C)NC(=O)Cn2c(C)cc(-c3nnc(C4CC4)o3)c2C)cc1. The fourth-order valence-corrected chi connectivity index (χ4v) is 3.51. The van der Waals surface area contributed by atoms with Gasteiger partial charge in [-0.2, -0.15) is 0 Å². The Morgan fingerprint density at radius 3 is 2.66 bits per heavy atom. The molecule has 0 bridgehead atoms. The van der Waals surface area contributed by atoms with Crippen molar-refractivity contribution >= 4 is 5.91 Å². The lowest BCUT2D eigenvalue weighted by Crippen LogP contribution is -2.30. The van der Waals surface area contributed by atoms with Crippen molar-refractivity contribution < 1.29 is 13.9 Å². The van der Waals surface area contributed by atoms with Gasteiger partial charge in [0.15, 0.2) is 0 Å². The van der Waals surface area contributed by atoms with Gasteiger partial charge in [0, 0.05) is 17.3 Å². The van der Waals surface area contributed by atoms with Crippen molar-refractivity contribution in [2.24, 2.45) is 0 Å². The summed E-state index contributed by atoms with van der Waals surface area (Å²) in [5.41, 5.74) is 3.84. The molecule has 1 saturated carbocycles. The van der Waals surface area contributed by atoms with E-state index >= 15 is 0 Å². The normalized spacial score (nSPS) is 14.6. The van der Waals surface area contributed by atoms with Crippen LogP contribution in [-0.4, -0.2) is 27.8 Å². The topological polar surface area (TPSA) is 82.2 Å². The molecule has 1 aliphatic carbocycles. The van der Waals surface area contributed by atoms with Crippen LogP contribution in [0.4, 0.5) is 0 Å². The van der Waals surface area contributed by atoms with Gasteiger partial charge >= 0.3 is 0 Å². The third kappa shape index (κ3) is 4.04. The highest BCUT2D eigenvalue weighted by atomic mass is 16.5. The highest BCUT2D eigenvalue weighted by Gasteiger charge is 2.30. The third-order valence-corrected chi connectivity index (χ3v) is 5.47. The molecule has 152 valence electrons. The highest BCUT2D eigenvalue weighted by Crippen LogP contribution is 2.40. The number of aryl methyl sites for hydroxylation is 1. The largest absolute Gasteiger partial charge is 0.497 e. The van der Waals surface area contributed by atoms with Crippen LogP contribution in [0.5, 0.6) is 5.75 Å². The first-order valence-corrected chi connectivity index (χ1v) is 9.90. The molecule has 1 amide bonds.